The molecule has 1 fully saturated rings. The van der Waals surface area contributed by atoms with E-state index in [9.17, 15) is 4.79 Å². The standard InChI is InChI=1S/C10H13NO2S/c12-10(13)9-5-11-4-8(9)3-7-1-2-14-6-7/h1-2,6,8-9,11H,3-5H2,(H,12,13). The summed E-state index contributed by atoms with van der Waals surface area (Å²) in [5, 5.41) is 16.2. The lowest BCUT2D eigenvalue weighted by molar-refractivity contribution is -0.142. The second-order valence-electron chi connectivity index (χ2n) is 3.70. The molecule has 0 bridgehead atoms. The highest BCUT2D eigenvalue weighted by molar-refractivity contribution is 7.07. The van der Waals surface area contributed by atoms with E-state index in [1.54, 1.807) is 11.3 Å². The van der Waals surface area contributed by atoms with Crippen molar-refractivity contribution in [2.75, 3.05) is 13.1 Å². The molecule has 4 heteroatoms. The molecular formula is C10H13NO2S. The Morgan fingerprint density at radius 1 is 1.64 bits per heavy atom. The van der Waals surface area contributed by atoms with Crippen molar-refractivity contribution in [3.63, 3.8) is 0 Å². The molecule has 0 saturated carbocycles. The third kappa shape index (κ3) is 1.96. The number of thiophene rings is 1. The Labute approximate surface area is 86.8 Å². The van der Waals surface area contributed by atoms with Gasteiger partial charge in [0, 0.05) is 6.54 Å². The monoisotopic (exact) mass is 211 g/mol. The SMILES string of the molecule is O=C(O)C1CNCC1Cc1ccsc1. The summed E-state index contributed by atoms with van der Waals surface area (Å²) in [7, 11) is 0. The van der Waals surface area contributed by atoms with E-state index < -0.39 is 5.97 Å². The average molecular weight is 211 g/mol. The molecule has 2 rings (SSSR count). The Kier molecular flexibility index (Phi) is 2.84. The van der Waals surface area contributed by atoms with Crippen molar-refractivity contribution in [2.24, 2.45) is 11.8 Å². The van der Waals surface area contributed by atoms with Crippen molar-refractivity contribution >= 4 is 17.3 Å². The van der Waals surface area contributed by atoms with Crippen LogP contribution in [0.3, 0.4) is 0 Å². The number of carbonyl (C=O) groups is 1. The molecule has 2 N–H and O–H groups in total. The van der Waals surface area contributed by atoms with Gasteiger partial charge in [0.2, 0.25) is 0 Å². The minimum absolute atomic E-state index is 0.213. The number of carboxylic acids is 1. The fourth-order valence-corrected chi connectivity index (χ4v) is 2.63. The second-order valence-corrected chi connectivity index (χ2v) is 4.48. The van der Waals surface area contributed by atoms with Crippen LogP contribution in [0, 0.1) is 11.8 Å². The Bertz CT molecular complexity index is 310. The van der Waals surface area contributed by atoms with Crippen LogP contribution in [0.4, 0.5) is 0 Å². The Balaban J connectivity index is 2.00. The van der Waals surface area contributed by atoms with Crippen molar-refractivity contribution in [3.8, 4) is 0 Å². The van der Waals surface area contributed by atoms with E-state index in [2.05, 4.69) is 16.8 Å². The number of hydrogen-bond donors (Lipinski definition) is 2. The van der Waals surface area contributed by atoms with Crippen LogP contribution >= 0.6 is 11.3 Å². The van der Waals surface area contributed by atoms with Gasteiger partial charge in [-0.2, -0.15) is 11.3 Å². The summed E-state index contributed by atoms with van der Waals surface area (Å²) >= 11 is 1.66. The first-order valence-corrected chi connectivity index (χ1v) is 5.66. The number of aliphatic carboxylic acids is 1. The lowest BCUT2D eigenvalue weighted by Crippen LogP contribution is -2.23. The molecule has 1 aliphatic heterocycles. The fourth-order valence-electron chi connectivity index (χ4n) is 1.95. The molecule has 1 aromatic heterocycles. The van der Waals surface area contributed by atoms with E-state index in [1.807, 2.05) is 5.38 Å². The van der Waals surface area contributed by atoms with E-state index in [1.165, 1.54) is 5.56 Å². The molecule has 1 aromatic rings. The van der Waals surface area contributed by atoms with Crippen LogP contribution in [0.25, 0.3) is 0 Å². The molecule has 0 spiro atoms. The van der Waals surface area contributed by atoms with Crippen LogP contribution in [0.2, 0.25) is 0 Å². The minimum atomic E-state index is -0.671. The smallest absolute Gasteiger partial charge is 0.308 e. The van der Waals surface area contributed by atoms with Crippen molar-refractivity contribution in [1.82, 2.24) is 5.32 Å². The molecule has 2 heterocycles. The highest BCUT2D eigenvalue weighted by atomic mass is 32.1. The molecule has 3 nitrogen and oxygen atoms in total. The van der Waals surface area contributed by atoms with Crippen LogP contribution in [0.1, 0.15) is 5.56 Å². The molecule has 0 aromatic carbocycles. The van der Waals surface area contributed by atoms with Gasteiger partial charge < -0.3 is 10.4 Å². The summed E-state index contributed by atoms with van der Waals surface area (Å²) in [5.74, 6) is -0.632. The summed E-state index contributed by atoms with van der Waals surface area (Å²) in [6, 6.07) is 2.07. The fraction of sp³-hybridized carbons (Fsp3) is 0.500. The van der Waals surface area contributed by atoms with Crippen LogP contribution in [-0.4, -0.2) is 24.2 Å². The molecule has 0 radical (unpaired) electrons. The maximum Gasteiger partial charge on any atom is 0.308 e. The number of carboxylic acid groups (broad SMARTS) is 1. The van der Waals surface area contributed by atoms with Gasteiger partial charge in [0.25, 0.3) is 0 Å². The molecule has 1 aliphatic rings. The molecule has 0 aliphatic carbocycles. The number of nitrogens with one attached hydrogen (secondary N) is 1. The first-order valence-electron chi connectivity index (χ1n) is 4.72. The predicted octanol–water partition coefficient (Wildman–Crippen LogP) is 1.21. The second kappa shape index (κ2) is 4.11. The summed E-state index contributed by atoms with van der Waals surface area (Å²) < 4.78 is 0. The van der Waals surface area contributed by atoms with Crippen LogP contribution < -0.4 is 5.32 Å². The zero-order valence-electron chi connectivity index (χ0n) is 7.77. The third-order valence-corrected chi connectivity index (χ3v) is 3.47. The van der Waals surface area contributed by atoms with E-state index >= 15 is 0 Å². The molecule has 2 unspecified atom stereocenters. The Hall–Kier alpha value is -0.870. The van der Waals surface area contributed by atoms with Gasteiger partial charge in [0.15, 0.2) is 0 Å². The lowest BCUT2D eigenvalue weighted by atomic mass is 9.91. The molecule has 0 amide bonds. The van der Waals surface area contributed by atoms with Gasteiger partial charge in [-0.05, 0) is 41.3 Å². The Morgan fingerprint density at radius 2 is 2.50 bits per heavy atom. The van der Waals surface area contributed by atoms with Gasteiger partial charge in [-0.25, -0.2) is 0 Å². The van der Waals surface area contributed by atoms with Gasteiger partial charge >= 0.3 is 5.97 Å². The third-order valence-electron chi connectivity index (χ3n) is 2.74. The highest BCUT2D eigenvalue weighted by Crippen LogP contribution is 2.22. The molecule has 14 heavy (non-hydrogen) atoms. The average Bonchev–Trinajstić information content (AvgIpc) is 2.75. The molecule has 1 saturated heterocycles. The van der Waals surface area contributed by atoms with Gasteiger partial charge in [0.1, 0.15) is 0 Å². The van der Waals surface area contributed by atoms with Gasteiger partial charge in [-0.3, -0.25) is 4.79 Å². The van der Waals surface area contributed by atoms with Crippen molar-refractivity contribution in [3.05, 3.63) is 22.4 Å². The summed E-state index contributed by atoms with van der Waals surface area (Å²) in [5.41, 5.74) is 1.26. The van der Waals surface area contributed by atoms with E-state index in [4.69, 9.17) is 5.11 Å². The zero-order valence-corrected chi connectivity index (χ0v) is 8.59. The summed E-state index contributed by atoms with van der Waals surface area (Å²) in [6.45, 7) is 1.44. The van der Waals surface area contributed by atoms with E-state index in [-0.39, 0.29) is 11.8 Å². The molecule has 76 valence electrons. The van der Waals surface area contributed by atoms with Crippen LogP contribution in [0.15, 0.2) is 16.8 Å². The van der Waals surface area contributed by atoms with Gasteiger partial charge in [0.05, 0.1) is 5.92 Å². The van der Waals surface area contributed by atoms with Crippen molar-refractivity contribution in [2.45, 2.75) is 6.42 Å². The maximum absolute atomic E-state index is 10.9. The maximum atomic E-state index is 10.9. The summed E-state index contributed by atoms with van der Waals surface area (Å²) in [4.78, 5) is 10.9. The quantitative estimate of drug-likeness (QED) is 0.790. The van der Waals surface area contributed by atoms with Crippen molar-refractivity contribution < 1.29 is 9.90 Å². The topological polar surface area (TPSA) is 49.3 Å². The normalized spacial score (nSPS) is 26.6. The number of rotatable bonds is 3. The molecule has 2 atom stereocenters. The first kappa shape index (κ1) is 9.68. The first-order chi connectivity index (χ1) is 6.77. The van der Waals surface area contributed by atoms with Crippen LogP contribution in [0.5, 0.6) is 0 Å². The zero-order chi connectivity index (χ0) is 9.97. The predicted molar refractivity (Wildman–Crippen MR) is 55.5 cm³/mol. The van der Waals surface area contributed by atoms with Crippen LogP contribution in [-0.2, 0) is 11.2 Å². The summed E-state index contributed by atoms with van der Waals surface area (Å²) in [6.07, 6.45) is 0.882. The van der Waals surface area contributed by atoms with E-state index in [0.29, 0.717) is 6.54 Å². The number of hydrogen-bond acceptors (Lipinski definition) is 3. The minimum Gasteiger partial charge on any atom is -0.481 e. The largest absolute Gasteiger partial charge is 0.481 e. The highest BCUT2D eigenvalue weighted by Gasteiger charge is 2.32. The van der Waals surface area contributed by atoms with Gasteiger partial charge in [-0.1, -0.05) is 0 Å². The van der Waals surface area contributed by atoms with Crippen molar-refractivity contribution in [1.29, 1.82) is 0 Å². The Morgan fingerprint density at radius 3 is 3.14 bits per heavy atom. The molecular weight excluding hydrogens is 198 g/mol. The van der Waals surface area contributed by atoms with E-state index in [0.717, 1.165) is 13.0 Å². The van der Waals surface area contributed by atoms with Gasteiger partial charge in [-0.15, -0.1) is 0 Å². The lowest BCUT2D eigenvalue weighted by Gasteiger charge is -2.13.